The van der Waals surface area contributed by atoms with Gasteiger partial charge in [0.2, 0.25) is 11.9 Å². The average molecular weight is 397 g/mol. The number of carbonyl (C=O) groups excluding carboxylic acids is 1. The number of halogens is 3. The summed E-state index contributed by atoms with van der Waals surface area (Å²) in [6.45, 7) is 4.33. The Labute approximate surface area is 160 Å². The number of anilines is 3. The number of aryl methyl sites for hydroxylation is 1. The minimum atomic E-state index is -4.54. The Morgan fingerprint density at radius 1 is 1.36 bits per heavy atom. The molecule has 2 N–H and O–H groups in total. The molecule has 1 amide bonds. The molecule has 1 atom stereocenters. The fraction of sp³-hybridized carbons (Fsp3) is 0.529. The van der Waals surface area contributed by atoms with E-state index in [9.17, 15) is 18.0 Å². The summed E-state index contributed by atoms with van der Waals surface area (Å²) in [7, 11) is 1.75. The molecule has 0 saturated carbocycles. The molecule has 2 aromatic rings. The summed E-state index contributed by atoms with van der Waals surface area (Å²) in [6.07, 6.45) is -0.879. The van der Waals surface area contributed by atoms with Crippen molar-refractivity contribution in [2.75, 3.05) is 30.8 Å². The number of alkyl halides is 3. The number of amides is 1. The number of carbonyl (C=O) groups is 1. The van der Waals surface area contributed by atoms with Crippen LogP contribution < -0.4 is 10.6 Å². The third kappa shape index (κ3) is 4.18. The molecule has 0 radical (unpaired) electrons. The van der Waals surface area contributed by atoms with Crippen LogP contribution in [0.25, 0.3) is 0 Å². The van der Waals surface area contributed by atoms with Crippen LogP contribution in [0.5, 0.6) is 0 Å². The van der Waals surface area contributed by atoms with Gasteiger partial charge in [-0.1, -0.05) is 0 Å². The van der Waals surface area contributed by atoms with Gasteiger partial charge in [0.15, 0.2) is 0 Å². The number of aromatic nitrogens is 4. The Morgan fingerprint density at radius 2 is 2.11 bits per heavy atom. The highest BCUT2D eigenvalue weighted by atomic mass is 19.4. The van der Waals surface area contributed by atoms with Crippen molar-refractivity contribution < 1.29 is 18.0 Å². The molecule has 0 aliphatic carbocycles. The smallest absolute Gasteiger partial charge is 0.370 e. The van der Waals surface area contributed by atoms with Crippen LogP contribution in [0.15, 0.2) is 12.4 Å². The lowest BCUT2D eigenvalue weighted by atomic mass is 10.1. The topological polar surface area (TPSA) is 88.0 Å². The minimum Gasteiger partial charge on any atom is -0.370 e. The summed E-state index contributed by atoms with van der Waals surface area (Å²) in [5.74, 6) is -0.125. The summed E-state index contributed by atoms with van der Waals surface area (Å²) in [4.78, 5) is 21.1. The molecule has 8 nitrogen and oxygen atoms in total. The number of hydrogen-bond donors (Lipinski definition) is 2. The lowest BCUT2D eigenvalue weighted by Crippen LogP contribution is -2.38. The molecule has 152 valence electrons. The van der Waals surface area contributed by atoms with Crippen LogP contribution in [-0.4, -0.2) is 50.7 Å². The lowest BCUT2D eigenvalue weighted by Gasteiger charge is -2.29. The maximum absolute atomic E-state index is 13.1. The van der Waals surface area contributed by atoms with Gasteiger partial charge in [-0.2, -0.15) is 23.3 Å². The fourth-order valence-electron chi connectivity index (χ4n) is 3.07. The molecular weight excluding hydrogens is 375 g/mol. The van der Waals surface area contributed by atoms with Crippen molar-refractivity contribution >= 4 is 23.4 Å². The summed E-state index contributed by atoms with van der Waals surface area (Å²) >= 11 is 0. The van der Waals surface area contributed by atoms with Gasteiger partial charge in [-0.15, -0.1) is 0 Å². The molecule has 3 rings (SSSR count). The van der Waals surface area contributed by atoms with E-state index in [1.165, 1.54) is 0 Å². The molecule has 1 saturated heterocycles. The summed E-state index contributed by atoms with van der Waals surface area (Å²) in [5, 5.41) is 10.0. The molecule has 2 aromatic heterocycles. The molecule has 1 unspecified atom stereocenters. The molecule has 3 heterocycles. The first-order valence-electron chi connectivity index (χ1n) is 8.94. The van der Waals surface area contributed by atoms with Gasteiger partial charge < -0.3 is 15.5 Å². The third-order valence-electron chi connectivity index (χ3n) is 4.58. The summed E-state index contributed by atoms with van der Waals surface area (Å²) < 4.78 is 41.0. The maximum Gasteiger partial charge on any atom is 0.421 e. The van der Waals surface area contributed by atoms with Crippen LogP contribution in [0, 0.1) is 6.92 Å². The molecule has 0 bridgehead atoms. The van der Waals surface area contributed by atoms with E-state index >= 15 is 0 Å². The monoisotopic (exact) mass is 397 g/mol. The largest absolute Gasteiger partial charge is 0.421 e. The highest BCUT2D eigenvalue weighted by Gasteiger charge is 2.35. The Kier molecular flexibility index (Phi) is 5.43. The number of nitrogens with zero attached hydrogens (tertiary/aromatic N) is 5. The zero-order valence-corrected chi connectivity index (χ0v) is 15.8. The van der Waals surface area contributed by atoms with Crippen LogP contribution in [-0.2, 0) is 11.0 Å². The van der Waals surface area contributed by atoms with E-state index in [1.807, 2.05) is 0 Å². The van der Waals surface area contributed by atoms with E-state index < -0.39 is 11.7 Å². The van der Waals surface area contributed by atoms with E-state index in [2.05, 4.69) is 25.7 Å². The number of likely N-dealkylation sites (N-methyl/N-ethyl adjacent to an activating group) is 1. The number of rotatable bonds is 5. The standard InChI is InChI=1S/C17H22F3N7O/c1-4-21-15-12(17(18,19)20)7-22-16(24-15)23-13-9-27(25-10(13)2)11-5-6-14(28)26(3)8-11/h7,9,11H,4-6,8H2,1-3H3,(H2,21,22,23,24). The zero-order chi connectivity index (χ0) is 20.5. The number of hydrogen-bond acceptors (Lipinski definition) is 6. The van der Waals surface area contributed by atoms with Gasteiger partial charge in [-0.3, -0.25) is 9.48 Å². The lowest BCUT2D eigenvalue weighted by molar-refractivity contribution is -0.137. The number of likely N-dealkylation sites (tertiary alicyclic amines) is 1. The fourth-order valence-corrected chi connectivity index (χ4v) is 3.07. The molecular formula is C17H22F3N7O. The SMILES string of the molecule is CCNc1nc(Nc2cn(C3CCC(=O)N(C)C3)nc2C)ncc1C(F)(F)F. The highest BCUT2D eigenvalue weighted by molar-refractivity contribution is 5.76. The molecule has 0 aromatic carbocycles. The highest BCUT2D eigenvalue weighted by Crippen LogP contribution is 2.34. The Bertz CT molecular complexity index is 865. The van der Waals surface area contributed by atoms with Crippen molar-refractivity contribution in [2.45, 2.75) is 38.9 Å². The van der Waals surface area contributed by atoms with Gasteiger partial charge in [0.1, 0.15) is 11.4 Å². The van der Waals surface area contributed by atoms with Crippen LogP contribution in [0.3, 0.4) is 0 Å². The van der Waals surface area contributed by atoms with Crippen LogP contribution >= 0.6 is 0 Å². The Morgan fingerprint density at radius 3 is 2.75 bits per heavy atom. The van der Waals surface area contributed by atoms with Gasteiger partial charge >= 0.3 is 6.18 Å². The van der Waals surface area contributed by atoms with E-state index in [4.69, 9.17) is 0 Å². The van der Waals surface area contributed by atoms with Gasteiger partial charge in [0, 0.05) is 39.0 Å². The summed E-state index contributed by atoms with van der Waals surface area (Å²) in [5.41, 5.74) is 0.344. The normalized spacial score (nSPS) is 17.7. The molecule has 1 fully saturated rings. The second-order valence-corrected chi connectivity index (χ2v) is 6.68. The Hall–Kier alpha value is -2.85. The predicted octanol–water partition coefficient (Wildman–Crippen LogP) is 2.97. The molecule has 1 aliphatic rings. The first-order valence-corrected chi connectivity index (χ1v) is 8.94. The molecule has 28 heavy (non-hydrogen) atoms. The van der Waals surface area contributed by atoms with Gasteiger partial charge in [-0.05, 0) is 20.3 Å². The Balaban J connectivity index is 1.81. The molecule has 0 spiro atoms. The second kappa shape index (κ2) is 7.64. The molecule has 11 heteroatoms. The van der Waals surface area contributed by atoms with E-state index in [-0.39, 0.29) is 23.7 Å². The van der Waals surface area contributed by atoms with Gasteiger partial charge in [-0.25, -0.2) is 4.98 Å². The predicted molar refractivity (Wildman–Crippen MR) is 97.4 cm³/mol. The van der Waals surface area contributed by atoms with Gasteiger partial charge in [0.25, 0.3) is 0 Å². The first-order chi connectivity index (χ1) is 13.2. The van der Waals surface area contributed by atoms with Gasteiger partial charge in [0.05, 0.1) is 17.4 Å². The van der Waals surface area contributed by atoms with Crippen LogP contribution in [0.1, 0.15) is 37.1 Å². The number of piperidine rings is 1. The third-order valence-corrected chi connectivity index (χ3v) is 4.58. The quantitative estimate of drug-likeness (QED) is 0.807. The minimum absolute atomic E-state index is 0.0440. The zero-order valence-electron chi connectivity index (χ0n) is 15.8. The van der Waals surface area contributed by atoms with Crippen molar-refractivity contribution in [3.8, 4) is 0 Å². The van der Waals surface area contributed by atoms with Crippen LogP contribution in [0.4, 0.5) is 30.6 Å². The van der Waals surface area contributed by atoms with E-state index in [0.717, 1.165) is 6.20 Å². The first kappa shape index (κ1) is 19.9. The maximum atomic E-state index is 13.1. The van der Waals surface area contributed by atoms with Crippen LogP contribution in [0.2, 0.25) is 0 Å². The summed E-state index contributed by atoms with van der Waals surface area (Å²) in [6, 6.07) is 0.0443. The van der Waals surface area contributed by atoms with Crippen molar-refractivity contribution in [3.05, 3.63) is 23.7 Å². The van der Waals surface area contributed by atoms with Crippen molar-refractivity contribution in [2.24, 2.45) is 0 Å². The van der Waals surface area contributed by atoms with E-state index in [0.29, 0.717) is 37.3 Å². The average Bonchev–Trinajstić information content (AvgIpc) is 2.97. The number of nitrogens with one attached hydrogen (secondary N) is 2. The van der Waals surface area contributed by atoms with Crippen molar-refractivity contribution in [3.63, 3.8) is 0 Å². The van der Waals surface area contributed by atoms with Crippen molar-refractivity contribution in [1.82, 2.24) is 24.6 Å². The molecule has 1 aliphatic heterocycles. The second-order valence-electron chi connectivity index (χ2n) is 6.68. The van der Waals surface area contributed by atoms with E-state index in [1.54, 1.807) is 36.7 Å². The van der Waals surface area contributed by atoms with Crippen molar-refractivity contribution in [1.29, 1.82) is 0 Å².